The number of rotatable bonds is 9. The molecule has 0 aliphatic carbocycles. The third-order valence-electron chi connectivity index (χ3n) is 4.07. The van der Waals surface area contributed by atoms with E-state index >= 15 is 0 Å². The van der Waals surface area contributed by atoms with Crippen molar-refractivity contribution in [2.24, 2.45) is 5.14 Å². The molecule has 0 radical (unpaired) electrons. The van der Waals surface area contributed by atoms with Crippen LogP contribution in [0, 0.1) is 5.82 Å². The van der Waals surface area contributed by atoms with Crippen molar-refractivity contribution in [1.29, 1.82) is 0 Å². The summed E-state index contributed by atoms with van der Waals surface area (Å²) in [6.07, 6.45) is 2.50. The van der Waals surface area contributed by atoms with Crippen molar-refractivity contribution in [1.82, 2.24) is 4.31 Å². The van der Waals surface area contributed by atoms with E-state index in [1.807, 2.05) is 6.92 Å². The minimum absolute atomic E-state index is 0.0199. The third kappa shape index (κ3) is 5.83. The standard InChI is InChI=1S/C18H23FN2O4S2/c1-2-3-4-13-21(14-15-5-7-16(19)8-6-15)27(24,25)18-11-9-17(10-12-18)26(20,22)23/h5-12H,2-4,13-14H2,1H3,(H2,20,22,23). The Kier molecular flexibility index (Phi) is 7.10. The van der Waals surface area contributed by atoms with E-state index in [2.05, 4.69) is 0 Å². The zero-order chi connectivity index (χ0) is 20.1. The lowest BCUT2D eigenvalue weighted by Crippen LogP contribution is -2.31. The summed E-state index contributed by atoms with van der Waals surface area (Å²) >= 11 is 0. The Morgan fingerprint density at radius 1 is 0.889 bits per heavy atom. The van der Waals surface area contributed by atoms with Gasteiger partial charge in [-0.2, -0.15) is 4.31 Å². The molecule has 27 heavy (non-hydrogen) atoms. The molecule has 0 atom stereocenters. The summed E-state index contributed by atoms with van der Waals surface area (Å²) in [5, 5.41) is 5.05. The van der Waals surface area contributed by atoms with Crippen molar-refractivity contribution < 1.29 is 21.2 Å². The molecule has 0 aliphatic heterocycles. The minimum atomic E-state index is -3.90. The van der Waals surface area contributed by atoms with E-state index in [-0.39, 0.29) is 16.3 Å². The van der Waals surface area contributed by atoms with Crippen molar-refractivity contribution in [2.75, 3.05) is 6.54 Å². The van der Waals surface area contributed by atoms with Crippen LogP contribution in [-0.2, 0) is 26.6 Å². The van der Waals surface area contributed by atoms with E-state index in [9.17, 15) is 21.2 Å². The predicted octanol–water partition coefficient (Wildman–Crippen LogP) is 2.85. The van der Waals surface area contributed by atoms with Gasteiger partial charge >= 0.3 is 0 Å². The summed E-state index contributed by atoms with van der Waals surface area (Å²) in [5.74, 6) is -0.391. The number of hydrogen-bond acceptors (Lipinski definition) is 4. The summed E-state index contributed by atoms with van der Waals surface area (Å²) in [4.78, 5) is -0.175. The molecule has 0 amide bonds. The fraction of sp³-hybridized carbons (Fsp3) is 0.333. The molecule has 2 aromatic carbocycles. The number of hydrogen-bond donors (Lipinski definition) is 1. The van der Waals surface area contributed by atoms with Crippen LogP contribution in [-0.4, -0.2) is 27.7 Å². The Hall–Kier alpha value is -1.81. The SMILES string of the molecule is CCCCCN(Cc1ccc(F)cc1)S(=O)(=O)c1ccc(S(N)(=O)=O)cc1. The van der Waals surface area contributed by atoms with Crippen LogP contribution in [0.1, 0.15) is 31.7 Å². The number of nitrogens with zero attached hydrogens (tertiary/aromatic N) is 1. The van der Waals surface area contributed by atoms with Crippen LogP contribution in [0.3, 0.4) is 0 Å². The van der Waals surface area contributed by atoms with Crippen molar-refractivity contribution >= 4 is 20.0 Å². The van der Waals surface area contributed by atoms with Crippen LogP contribution in [0.2, 0.25) is 0 Å². The monoisotopic (exact) mass is 414 g/mol. The number of nitrogens with two attached hydrogens (primary N) is 1. The lowest BCUT2D eigenvalue weighted by Gasteiger charge is -2.22. The highest BCUT2D eigenvalue weighted by atomic mass is 32.2. The molecule has 9 heteroatoms. The smallest absolute Gasteiger partial charge is 0.225 e. The van der Waals surface area contributed by atoms with Gasteiger partial charge in [-0.15, -0.1) is 0 Å². The fourth-order valence-electron chi connectivity index (χ4n) is 2.57. The van der Waals surface area contributed by atoms with Crippen molar-refractivity contribution in [3.05, 3.63) is 59.9 Å². The number of halogens is 1. The Morgan fingerprint density at radius 2 is 1.44 bits per heavy atom. The second kappa shape index (κ2) is 8.92. The molecule has 6 nitrogen and oxygen atoms in total. The van der Waals surface area contributed by atoms with Crippen molar-refractivity contribution in [3.8, 4) is 0 Å². The zero-order valence-electron chi connectivity index (χ0n) is 15.0. The first-order valence-corrected chi connectivity index (χ1v) is 11.5. The molecule has 2 aromatic rings. The lowest BCUT2D eigenvalue weighted by molar-refractivity contribution is 0.394. The maximum Gasteiger partial charge on any atom is 0.243 e. The molecule has 0 saturated carbocycles. The second-order valence-corrected chi connectivity index (χ2v) is 9.69. The summed E-state index contributed by atoms with van der Waals surface area (Å²) in [7, 11) is -7.75. The highest BCUT2D eigenvalue weighted by molar-refractivity contribution is 7.89. The summed E-state index contributed by atoms with van der Waals surface area (Å²) in [6.45, 7) is 2.43. The predicted molar refractivity (Wildman–Crippen MR) is 101 cm³/mol. The van der Waals surface area contributed by atoms with Gasteiger partial charge in [-0.3, -0.25) is 0 Å². The number of benzene rings is 2. The Balaban J connectivity index is 2.32. The van der Waals surface area contributed by atoms with Crippen LogP contribution >= 0.6 is 0 Å². The highest BCUT2D eigenvalue weighted by Crippen LogP contribution is 2.21. The van der Waals surface area contributed by atoms with E-state index in [0.29, 0.717) is 18.5 Å². The van der Waals surface area contributed by atoms with Gasteiger partial charge in [-0.1, -0.05) is 31.9 Å². The molecule has 0 aromatic heterocycles. The van der Waals surface area contributed by atoms with Gasteiger partial charge in [0.15, 0.2) is 0 Å². The fourth-order valence-corrected chi connectivity index (χ4v) is 4.55. The van der Waals surface area contributed by atoms with Gasteiger partial charge in [0.05, 0.1) is 9.79 Å². The van der Waals surface area contributed by atoms with Crippen LogP contribution in [0.4, 0.5) is 4.39 Å². The van der Waals surface area contributed by atoms with Crippen LogP contribution in [0.5, 0.6) is 0 Å². The Labute approximate surface area is 159 Å². The van der Waals surface area contributed by atoms with E-state index in [4.69, 9.17) is 5.14 Å². The first-order valence-electron chi connectivity index (χ1n) is 8.52. The van der Waals surface area contributed by atoms with E-state index in [1.54, 1.807) is 12.1 Å². The first kappa shape index (κ1) is 21.5. The number of primary sulfonamides is 1. The third-order valence-corrected chi connectivity index (χ3v) is 6.86. The number of unbranched alkanes of at least 4 members (excludes halogenated alkanes) is 2. The summed E-state index contributed by atoms with van der Waals surface area (Å²) < 4.78 is 63.2. The molecule has 0 saturated heterocycles. The molecule has 148 valence electrons. The van der Waals surface area contributed by atoms with Gasteiger partial charge in [0.25, 0.3) is 0 Å². The molecule has 0 aliphatic rings. The van der Waals surface area contributed by atoms with Crippen molar-refractivity contribution in [3.63, 3.8) is 0 Å². The minimum Gasteiger partial charge on any atom is -0.225 e. The molecule has 0 fully saturated rings. The maximum absolute atomic E-state index is 13.1. The molecule has 0 unspecified atom stereocenters. The topological polar surface area (TPSA) is 97.5 Å². The molecule has 0 bridgehead atoms. The highest BCUT2D eigenvalue weighted by Gasteiger charge is 2.25. The maximum atomic E-state index is 13.1. The largest absolute Gasteiger partial charge is 0.243 e. The molecular weight excluding hydrogens is 391 g/mol. The second-order valence-electron chi connectivity index (χ2n) is 6.19. The molecule has 0 heterocycles. The van der Waals surface area contributed by atoms with E-state index in [0.717, 1.165) is 12.8 Å². The van der Waals surface area contributed by atoms with Gasteiger partial charge in [0.2, 0.25) is 20.0 Å². The van der Waals surface area contributed by atoms with Gasteiger partial charge < -0.3 is 0 Å². The van der Waals surface area contributed by atoms with Crippen LogP contribution in [0.25, 0.3) is 0 Å². The molecule has 2 rings (SSSR count). The average molecular weight is 415 g/mol. The molecule has 2 N–H and O–H groups in total. The first-order chi connectivity index (χ1) is 12.6. The van der Waals surface area contributed by atoms with Crippen molar-refractivity contribution in [2.45, 2.75) is 42.5 Å². The van der Waals surface area contributed by atoms with Gasteiger partial charge in [-0.25, -0.2) is 26.4 Å². The number of sulfonamides is 2. The normalized spacial score (nSPS) is 12.4. The Bertz CT molecular complexity index is 957. The Morgan fingerprint density at radius 3 is 1.96 bits per heavy atom. The summed E-state index contributed by atoms with van der Waals surface area (Å²) in [5.41, 5.74) is 0.664. The molecule has 0 spiro atoms. The van der Waals surface area contributed by atoms with Crippen LogP contribution < -0.4 is 5.14 Å². The van der Waals surface area contributed by atoms with E-state index in [1.165, 1.54) is 40.7 Å². The lowest BCUT2D eigenvalue weighted by atomic mass is 10.2. The molecular formula is C18H23FN2O4S2. The van der Waals surface area contributed by atoms with Gasteiger partial charge in [-0.05, 0) is 48.4 Å². The quantitative estimate of drug-likeness (QED) is 0.638. The van der Waals surface area contributed by atoms with Gasteiger partial charge in [0.1, 0.15) is 5.82 Å². The van der Waals surface area contributed by atoms with E-state index < -0.39 is 25.9 Å². The summed E-state index contributed by atoms with van der Waals surface area (Å²) in [6, 6.07) is 10.5. The zero-order valence-corrected chi connectivity index (χ0v) is 16.6. The average Bonchev–Trinajstić information content (AvgIpc) is 2.62. The van der Waals surface area contributed by atoms with Gasteiger partial charge in [0, 0.05) is 13.1 Å². The van der Waals surface area contributed by atoms with Crippen LogP contribution in [0.15, 0.2) is 58.3 Å².